The van der Waals surface area contributed by atoms with Crippen molar-refractivity contribution in [3.8, 4) is 11.5 Å². The molecule has 6 nitrogen and oxygen atoms in total. The maximum atomic E-state index is 13.1. The molecule has 1 fully saturated rings. The minimum absolute atomic E-state index is 0.0171. The molecule has 130 valence electrons. The lowest BCUT2D eigenvalue weighted by molar-refractivity contribution is 0.0458. The summed E-state index contributed by atoms with van der Waals surface area (Å²) in [5.74, 6) is -0.394. The van der Waals surface area contributed by atoms with Crippen LogP contribution in [0.2, 0.25) is 0 Å². The number of carbonyl (C=O) groups excluding carboxylic acids is 1. The SMILES string of the molecule is O=C(c1cnc(-c2ccccn2)[nH]c1=O)N1CCC1c1ccc(F)cc1. The molecule has 1 amide bonds. The molecule has 1 aliphatic rings. The molecule has 1 N–H and O–H groups in total. The Kier molecular flexibility index (Phi) is 4.04. The van der Waals surface area contributed by atoms with E-state index in [-0.39, 0.29) is 23.3 Å². The molecule has 0 aliphatic carbocycles. The highest BCUT2D eigenvalue weighted by Gasteiger charge is 2.35. The number of benzene rings is 1. The molecule has 2 aromatic heterocycles. The number of aromatic nitrogens is 3. The van der Waals surface area contributed by atoms with Gasteiger partial charge in [-0.2, -0.15) is 0 Å². The van der Waals surface area contributed by atoms with Crippen LogP contribution in [0, 0.1) is 5.82 Å². The Balaban J connectivity index is 1.58. The summed E-state index contributed by atoms with van der Waals surface area (Å²) in [5, 5.41) is 0. The first-order valence-corrected chi connectivity index (χ1v) is 8.20. The lowest BCUT2D eigenvalue weighted by Gasteiger charge is -2.41. The first-order chi connectivity index (χ1) is 12.6. The molecule has 3 heterocycles. The van der Waals surface area contributed by atoms with Crippen molar-refractivity contribution in [3.63, 3.8) is 0 Å². The minimum Gasteiger partial charge on any atom is -0.331 e. The first-order valence-electron chi connectivity index (χ1n) is 8.20. The van der Waals surface area contributed by atoms with Crippen LogP contribution in [0.25, 0.3) is 11.5 Å². The minimum atomic E-state index is -0.504. The molecule has 1 aliphatic heterocycles. The van der Waals surface area contributed by atoms with Crippen LogP contribution >= 0.6 is 0 Å². The number of halogens is 1. The van der Waals surface area contributed by atoms with Crippen molar-refractivity contribution >= 4 is 5.91 Å². The van der Waals surface area contributed by atoms with Crippen LogP contribution in [0.1, 0.15) is 28.4 Å². The van der Waals surface area contributed by atoms with Gasteiger partial charge in [0.1, 0.15) is 17.1 Å². The van der Waals surface area contributed by atoms with Crippen molar-refractivity contribution in [2.45, 2.75) is 12.5 Å². The van der Waals surface area contributed by atoms with E-state index in [1.54, 1.807) is 41.4 Å². The molecule has 4 rings (SSSR count). The van der Waals surface area contributed by atoms with Crippen LogP contribution in [-0.2, 0) is 0 Å². The molecule has 0 saturated carbocycles. The van der Waals surface area contributed by atoms with E-state index in [4.69, 9.17) is 0 Å². The van der Waals surface area contributed by atoms with Crippen molar-refractivity contribution < 1.29 is 9.18 Å². The average Bonchev–Trinajstić information content (AvgIpc) is 2.63. The normalized spacial score (nSPS) is 16.2. The summed E-state index contributed by atoms with van der Waals surface area (Å²) >= 11 is 0. The van der Waals surface area contributed by atoms with Gasteiger partial charge in [-0.3, -0.25) is 14.6 Å². The van der Waals surface area contributed by atoms with E-state index >= 15 is 0 Å². The maximum absolute atomic E-state index is 13.1. The van der Waals surface area contributed by atoms with Crippen LogP contribution in [0.5, 0.6) is 0 Å². The summed E-state index contributed by atoms with van der Waals surface area (Å²) < 4.78 is 13.1. The van der Waals surface area contributed by atoms with Gasteiger partial charge in [0.15, 0.2) is 5.82 Å². The predicted molar refractivity (Wildman–Crippen MR) is 92.9 cm³/mol. The van der Waals surface area contributed by atoms with Crippen LogP contribution in [-0.4, -0.2) is 32.3 Å². The second kappa shape index (κ2) is 6.51. The van der Waals surface area contributed by atoms with Crippen molar-refractivity contribution in [3.05, 3.63) is 82.2 Å². The fourth-order valence-electron chi connectivity index (χ4n) is 3.00. The van der Waals surface area contributed by atoms with Crippen LogP contribution in [0.3, 0.4) is 0 Å². The van der Waals surface area contributed by atoms with Crippen molar-refractivity contribution in [1.82, 2.24) is 19.9 Å². The molecule has 0 spiro atoms. The second-order valence-electron chi connectivity index (χ2n) is 6.04. The number of hydrogen-bond acceptors (Lipinski definition) is 4. The monoisotopic (exact) mass is 350 g/mol. The molecule has 1 saturated heterocycles. The molecule has 1 unspecified atom stereocenters. The molecule has 3 aromatic rings. The van der Waals surface area contributed by atoms with Gasteiger partial charge in [0.25, 0.3) is 11.5 Å². The average molecular weight is 350 g/mol. The third-order valence-corrected chi connectivity index (χ3v) is 4.47. The molecule has 1 aromatic carbocycles. The molecule has 26 heavy (non-hydrogen) atoms. The van der Waals surface area contributed by atoms with Gasteiger partial charge in [0.05, 0.1) is 6.04 Å². The van der Waals surface area contributed by atoms with Gasteiger partial charge < -0.3 is 9.88 Å². The quantitative estimate of drug-likeness (QED) is 0.787. The summed E-state index contributed by atoms with van der Waals surface area (Å²) in [6.07, 6.45) is 3.65. The zero-order valence-electron chi connectivity index (χ0n) is 13.7. The Morgan fingerprint density at radius 3 is 2.58 bits per heavy atom. The topological polar surface area (TPSA) is 79.0 Å². The fraction of sp³-hybridized carbons (Fsp3) is 0.158. The van der Waals surface area contributed by atoms with E-state index in [0.29, 0.717) is 18.1 Å². The molecule has 0 radical (unpaired) electrons. The van der Waals surface area contributed by atoms with E-state index in [0.717, 1.165) is 12.0 Å². The number of carbonyl (C=O) groups is 1. The fourth-order valence-corrected chi connectivity index (χ4v) is 3.00. The summed E-state index contributed by atoms with van der Waals surface area (Å²) in [4.78, 5) is 37.6. The zero-order chi connectivity index (χ0) is 18.1. The summed E-state index contributed by atoms with van der Waals surface area (Å²) in [6.45, 7) is 0.544. The Morgan fingerprint density at radius 2 is 1.96 bits per heavy atom. The number of aromatic amines is 1. The van der Waals surface area contributed by atoms with Gasteiger partial charge >= 0.3 is 0 Å². The number of rotatable bonds is 3. The Morgan fingerprint density at radius 1 is 1.15 bits per heavy atom. The van der Waals surface area contributed by atoms with E-state index in [1.807, 2.05) is 0 Å². The number of nitrogens with zero attached hydrogens (tertiary/aromatic N) is 3. The molecule has 7 heteroatoms. The highest BCUT2D eigenvalue weighted by molar-refractivity contribution is 5.94. The number of hydrogen-bond donors (Lipinski definition) is 1. The van der Waals surface area contributed by atoms with Gasteiger partial charge in [0.2, 0.25) is 0 Å². The first kappa shape index (κ1) is 16.1. The van der Waals surface area contributed by atoms with Crippen LogP contribution < -0.4 is 5.56 Å². The van der Waals surface area contributed by atoms with Crippen LogP contribution in [0.15, 0.2) is 59.7 Å². The lowest BCUT2D eigenvalue weighted by Crippen LogP contribution is -2.46. The summed E-state index contributed by atoms with van der Waals surface area (Å²) in [7, 11) is 0. The molecule has 0 bridgehead atoms. The third-order valence-electron chi connectivity index (χ3n) is 4.47. The highest BCUT2D eigenvalue weighted by Crippen LogP contribution is 2.34. The van der Waals surface area contributed by atoms with Crippen molar-refractivity contribution in [2.24, 2.45) is 0 Å². The van der Waals surface area contributed by atoms with Gasteiger partial charge in [-0.05, 0) is 36.2 Å². The van der Waals surface area contributed by atoms with Crippen LogP contribution in [0.4, 0.5) is 4.39 Å². The summed E-state index contributed by atoms with van der Waals surface area (Å²) in [5.41, 5.74) is 0.851. The smallest absolute Gasteiger partial charge is 0.264 e. The third kappa shape index (κ3) is 2.88. The highest BCUT2D eigenvalue weighted by atomic mass is 19.1. The van der Waals surface area contributed by atoms with Gasteiger partial charge in [-0.15, -0.1) is 0 Å². The Hall–Kier alpha value is -3.35. The number of likely N-dealkylation sites (tertiary alicyclic amines) is 1. The Labute approximate surface area is 148 Å². The maximum Gasteiger partial charge on any atom is 0.264 e. The van der Waals surface area contributed by atoms with Gasteiger partial charge in [0, 0.05) is 18.9 Å². The number of amides is 1. The molecule has 1 atom stereocenters. The molecular formula is C19H15FN4O2. The second-order valence-corrected chi connectivity index (χ2v) is 6.04. The van der Waals surface area contributed by atoms with Gasteiger partial charge in [-0.25, -0.2) is 9.37 Å². The van der Waals surface area contributed by atoms with Crippen molar-refractivity contribution in [2.75, 3.05) is 6.54 Å². The lowest BCUT2D eigenvalue weighted by atomic mass is 9.94. The largest absolute Gasteiger partial charge is 0.331 e. The predicted octanol–water partition coefficient (Wildman–Crippen LogP) is 2.56. The zero-order valence-corrected chi connectivity index (χ0v) is 13.7. The van der Waals surface area contributed by atoms with E-state index < -0.39 is 5.56 Å². The number of pyridine rings is 1. The number of H-pyrrole nitrogens is 1. The van der Waals surface area contributed by atoms with Crippen molar-refractivity contribution in [1.29, 1.82) is 0 Å². The number of nitrogens with one attached hydrogen (secondary N) is 1. The molecular weight excluding hydrogens is 335 g/mol. The standard InChI is InChI=1S/C19H15FN4O2/c20-13-6-4-12(5-7-13)16-8-10-24(16)19(26)14-11-22-17(23-18(14)25)15-3-1-2-9-21-15/h1-7,9,11,16H,8,10H2,(H,22,23,25). The van der Waals surface area contributed by atoms with E-state index in [2.05, 4.69) is 15.0 Å². The van der Waals surface area contributed by atoms with E-state index in [1.165, 1.54) is 18.3 Å². The Bertz CT molecular complexity index is 1000. The summed E-state index contributed by atoms with van der Waals surface area (Å²) in [6, 6.07) is 11.2. The van der Waals surface area contributed by atoms with E-state index in [9.17, 15) is 14.0 Å². The van der Waals surface area contributed by atoms with Gasteiger partial charge in [-0.1, -0.05) is 18.2 Å².